The van der Waals surface area contributed by atoms with E-state index in [4.69, 9.17) is 9.47 Å². The van der Waals surface area contributed by atoms with Gasteiger partial charge in [0, 0.05) is 13.2 Å². The lowest BCUT2D eigenvalue weighted by Crippen LogP contribution is -2.34. The van der Waals surface area contributed by atoms with E-state index in [1.165, 1.54) is 0 Å². The first-order chi connectivity index (χ1) is 6.68. The second-order valence-electron chi connectivity index (χ2n) is 3.92. The van der Waals surface area contributed by atoms with E-state index in [9.17, 15) is 4.79 Å². The van der Waals surface area contributed by atoms with Crippen molar-refractivity contribution in [2.75, 3.05) is 19.8 Å². The quantitative estimate of drug-likeness (QED) is 0.753. The molecule has 1 aliphatic rings. The summed E-state index contributed by atoms with van der Waals surface area (Å²) in [5.41, 5.74) is 0. The van der Waals surface area contributed by atoms with Gasteiger partial charge in [-0.15, -0.1) is 0 Å². The average Bonchev–Trinajstić information content (AvgIpc) is 2.15. The summed E-state index contributed by atoms with van der Waals surface area (Å²) in [5, 5.41) is 2.74. The third kappa shape index (κ3) is 4.46. The summed E-state index contributed by atoms with van der Waals surface area (Å²) < 4.78 is 10.3. The minimum absolute atomic E-state index is 0.0578. The maximum absolute atomic E-state index is 11.1. The molecule has 4 nitrogen and oxygen atoms in total. The fraction of sp³-hybridized carbons (Fsp3) is 0.900. The van der Waals surface area contributed by atoms with Gasteiger partial charge in [-0.3, -0.25) is 0 Å². The summed E-state index contributed by atoms with van der Waals surface area (Å²) in [7, 11) is 0. The number of ether oxygens (including phenoxy) is 2. The van der Waals surface area contributed by atoms with Gasteiger partial charge in [-0.1, -0.05) is 0 Å². The van der Waals surface area contributed by atoms with E-state index in [1.54, 1.807) is 0 Å². The minimum Gasteiger partial charge on any atom is -0.447 e. The molecule has 1 atom stereocenters. The molecule has 0 bridgehead atoms. The zero-order chi connectivity index (χ0) is 10.4. The molecule has 1 rings (SSSR count). The Morgan fingerprint density at radius 2 is 2.43 bits per heavy atom. The van der Waals surface area contributed by atoms with Crippen molar-refractivity contribution in [3.63, 3.8) is 0 Å². The molecule has 0 aromatic heterocycles. The summed E-state index contributed by atoms with van der Waals surface area (Å²) in [6, 6.07) is 0. The van der Waals surface area contributed by atoms with Crippen molar-refractivity contribution < 1.29 is 14.3 Å². The van der Waals surface area contributed by atoms with Gasteiger partial charge in [0.05, 0.1) is 12.7 Å². The lowest BCUT2D eigenvalue weighted by molar-refractivity contribution is 0.0527. The Balaban J connectivity index is 2.09. The molecular formula is C10H19NO3. The second-order valence-corrected chi connectivity index (χ2v) is 3.92. The summed E-state index contributed by atoms with van der Waals surface area (Å²) >= 11 is 0. The van der Waals surface area contributed by atoms with Crippen molar-refractivity contribution in [2.24, 2.45) is 5.92 Å². The highest BCUT2D eigenvalue weighted by Gasteiger charge is 2.15. The van der Waals surface area contributed by atoms with Crippen LogP contribution in [-0.4, -0.2) is 32.0 Å². The third-order valence-electron chi connectivity index (χ3n) is 2.13. The highest BCUT2D eigenvalue weighted by molar-refractivity contribution is 5.67. The monoisotopic (exact) mass is 201 g/mol. The van der Waals surface area contributed by atoms with Crippen molar-refractivity contribution in [2.45, 2.75) is 32.8 Å². The van der Waals surface area contributed by atoms with Crippen molar-refractivity contribution in [1.82, 2.24) is 5.32 Å². The zero-order valence-electron chi connectivity index (χ0n) is 8.91. The molecule has 4 heteroatoms. The first-order valence-electron chi connectivity index (χ1n) is 5.20. The van der Waals surface area contributed by atoms with Crippen LogP contribution in [0.15, 0.2) is 0 Å². The van der Waals surface area contributed by atoms with Crippen LogP contribution in [0.5, 0.6) is 0 Å². The fourth-order valence-electron chi connectivity index (χ4n) is 1.45. The predicted molar refractivity (Wildman–Crippen MR) is 53.2 cm³/mol. The number of carbonyl (C=O) groups excluding carboxylic acids is 1. The fourth-order valence-corrected chi connectivity index (χ4v) is 1.45. The van der Waals surface area contributed by atoms with Crippen LogP contribution in [-0.2, 0) is 9.47 Å². The summed E-state index contributed by atoms with van der Waals surface area (Å²) in [6.07, 6.45) is 1.83. The Kier molecular flexibility index (Phi) is 4.73. The topological polar surface area (TPSA) is 47.6 Å². The number of hydrogen-bond donors (Lipinski definition) is 1. The number of hydrogen-bond acceptors (Lipinski definition) is 3. The van der Waals surface area contributed by atoms with Crippen molar-refractivity contribution in [3.05, 3.63) is 0 Å². The van der Waals surface area contributed by atoms with Gasteiger partial charge in [-0.25, -0.2) is 4.79 Å². The van der Waals surface area contributed by atoms with Gasteiger partial charge in [-0.05, 0) is 32.6 Å². The largest absolute Gasteiger partial charge is 0.447 e. The Labute approximate surface area is 85.0 Å². The molecule has 1 heterocycles. The highest BCUT2D eigenvalue weighted by atomic mass is 16.6. The average molecular weight is 201 g/mol. The van der Waals surface area contributed by atoms with Crippen LogP contribution < -0.4 is 5.32 Å². The highest BCUT2D eigenvalue weighted by Crippen LogP contribution is 2.12. The smallest absolute Gasteiger partial charge is 0.407 e. The molecular weight excluding hydrogens is 182 g/mol. The van der Waals surface area contributed by atoms with E-state index in [1.807, 2.05) is 13.8 Å². The lowest BCUT2D eigenvalue weighted by atomic mass is 10.0. The van der Waals surface area contributed by atoms with Crippen LogP contribution in [0, 0.1) is 5.92 Å². The second kappa shape index (κ2) is 5.86. The Morgan fingerprint density at radius 1 is 1.64 bits per heavy atom. The van der Waals surface area contributed by atoms with E-state index in [0.717, 1.165) is 26.1 Å². The molecule has 1 aliphatic heterocycles. The predicted octanol–water partition coefficient (Wildman–Crippen LogP) is 1.55. The minimum atomic E-state index is -0.328. The molecule has 0 spiro atoms. The van der Waals surface area contributed by atoms with Crippen LogP contribution >= 0.6 is 0 Å². The first-order valence-corrected chi connectivity index (χ1v) is 5.20. The Bertz CT molecular complexity index is 176. The molecule has 1 fully saturated rings. The van der Waals surface area contributed by atoms with E-state index in [-0.39, 0.29) is 12.2 Å². The van der Waals surface area contributed by atoms with Gasteiger partial charge in [0.25, 0.3) is 0 Å². The van der Waals surface area contributed by atoms with Crippen molar-refractivity contribution in [1.29, 1.82) is 0 Å². The first kappa shape index (κ1) is 11.3. The van der Waals surface area contributed by atoms with Crippen molar-refractivity contribution >= 4 is 6.09 Å². The Morgan fingerprint density at radius 3 is 3.00 bits per heavy atom. The molecule has 0 aliphatic carbocycles. The van der Waals surface area contributed by atoms with Crippen molar-refractivity contribution in [3.8, 4) is 0 Å². The summed E-state index contributed by atoms with van der Waals surface area (Å²) in [4.78, 5) is 11.1. The molecule has 14 heavy (non-hydrogen) atoms. The summed E-state index contributed by atoms with van der Waals surface area (Å²) in [5.74, 6) is 0.448. The SMILES string of the molecule is CC(C)OC(=O)NCC1CCCOC1. The number of carbonyl (C=O) groups is 1. The standard InChI is InChI=1S/C10H19NO3/c1-8(2)14-10(12)11-6-9-4-3-5-13-7-9/h8-9H,3-7H2,1-2H3,(H,11,12). The number of rotatable bonds is 3. The van der Waals surface area contributed by atoms with Crippen LogP contribution in [0.2, 0.25) is 0 Å². The number of nitrogens with one attached hydrogen (secondary N) is 1. The Hall–Kier alpha value is -0.770. The number of amides is 1. The summed E-state index contributed by atoms with van der Waals surface area (Å²) in [6.45, 7) is 5.94. The zero-order valence-corrected chi connectivity index (χ0v) is 8.91. The molecule has 0 aromatic carbocycles. The molecule has 82 valence electrons. The van der Waals surface area contributed by atoms with Gasteiger partial charge in [0.1, 0.15) is 0 Å². The molecule has 1 N–H and O–H groups in total. The van der Waals surface area contributed by atoms with Crippen LogP contribution in [0.3, 0.4) is 0 Å². The van der Waals surface area contributed by atoms with Crippen LogP contribution in [0.25, 0.3) is 0 Å². The van der Waals surface area contributed by atoms with Gasteiger partial charge in [-0.2, -0.15) is 0 Å². The van der Waals surface area contributed by atoms with Gasteiger partial charge in [0.15, 0.2) is 0 Å². The maximum Gasteiger partial charge on any atom is 0.407 e. The van der Waals surface area contributed by atoms with Gasteiger partial charge in [0.2, 0.25) is 0 Å². The maximum atomic E-state index is 11.1. The molecule has 1 saturated heterocycles. The molecule has 0 radical (unpaired) electrons. The van der Waals surface area contributed by atoms with E-state index >= 15 is 0 Å². The van der Waals surface area contributed by atoms with Gasteiger partial charge < -0.3 is 14.8 Å². The normalized spacial score (nSPS) is 22.1. The van der Waals surface area contributed by atoms with Crippen LogP contribution in [0.1, 0.15) is 26.7 Å². The third-order valence-corrected chi connectivity index (χ3v) is 2.13. The molecule has 0 aromatic rings. The number of alkyl carbamates (subject to hydrolysis) is 1. The molecule has 0 saturated carbocycles. The van der Waals surface area contributed by atoms with Crippen LogP contribution in [0.4, 0.5) is 4.79 Å². The molecule has 1 unspecified atom stereocenters. The van der Waals surface area contributed by atoms with E-state index in [2.05, 4.69) is 5.32 Å². The van der Waals surface area contributed by atoms with E-state index in [0.29, 0.717) is 12.5 Å². The van der Waals surface area contributed by atoms with Gasteiger partial charge >= 0.3 is 6.09 Å². The molecule has 1 amide bonds. The lowest BCUT2D eigenvalue weighted by Gasteiger charge is -2.22. The van der Waals surface area contributed by atoms with E-state index < -0.39 is 0 Å².